The third-order valence-corrected chi connectivity index (χ3v) is 6.92. The van der Waals surface area contributed by atoms with E-state index in [0.29, 0.717) is 4.91 Å². The lowest BCUT2D eigenvalue weighted by Gasteiger charge is -2.17. The zero-order chi connectivity index (χ0) is 17.6. The normalized spacial score (nSPS) is 30.0. The predicted molar refractivity (Wildman–Crippen MR) is 98.6 cm³/mol. The van der Waals surface area contributed by atoms with E-state index >= 15 is 0 Å². The van der Waals surface area contributed by atoms with Crippen LogP contribution in [0, 0.1) is 0 Å². The van der Waals surface area contributed by atoms with Gasteiger partial charge in [-0.15, -0.1) is 23.1 Å². The summed E-state index contributed by atoms with van der Waals surface area (Å²) in [7, 11) is 7.74. The highest BCUT2D eigenvalue weighted by Gasteiger charge is 2.48. The van der Waals surface area contributed by atoms with Crippen LogP contribution in [0.5, 0.6) is 0 Å². The third-order valence-electron chi connectivity index (χ3n) is 4.16. The Hall–Kier alpha value is -1.41. The van der Waals surface area contributed by atoms with Crippen molar-refractivity contribution >= 4 is 39.7 Å². The van der Waals surface area contributed by atoms with E-state index in [0.717, 1.165) is 9.88 Å². The van der Waals surface area contributed by atoms with Crippen LogP contribution >= 0.6 is 23.1 Å². The van der Waals surface area contributed by atoms with Crippen molar-refractivity contribution in [2.45, 2.75) is 17.4 Å². The number of Topliss-reactive ketones (excluding diaryl/α,β-unsaturated/α-hetero) is 2. The van der Waals surface area contributed by atoms with E-state index in [2.05, 4.69) is 0 Å². The number of carbonyl (C=O) groups is 2. The van der Waals surface area contributed by atoms with Gasteiger partial charge in [0.25, 0.3) is 0 Å². The molecule has 0 amide bonds. The molecule has 3 rings (SSSR count). The van der Waals surface area contributed by atoms with Gasteiger partial charge in [0.05, 0.1) is 22.4 Å². The van der Waals surface area contributed by atoms with Crippen LogP contribution in [0.2, 0.25) is 0 Å². The fourth-order valence-corrected chi connectivity index (χ4v) is 5.00. The molecular formula is C17H20N2O3S2. The fourth-order valence-electron chi connectivity index (χ4n) is 2.82. The maximum absolute atomic E-state index is 12.5. The summed E-state index contributed by atoms with van der Waals surface area (Å²) in [6.45, 7) is 0. The van der Waals surface area contributed by atoms with Crippen molar-refractivity contribution in [2.75, 3.05) is 33.1 Å². The number of hydrogen-bond acceptors (Lipinski definition) is 7. The molecule has 24 heavy (non-hydrogen) atoms. The van der Waals surface area contributed by atoms with Crippen LogP contribution in [0.4, 0.5) is 5.00 Å². The smallest absolute Gasteiger partial charge is 0.229 e. The summed E-state index contributed by atoms with van der Waals surface area (Å²) in [6.07, 6.45) is 2.73. The van der Waals surface area contributed by atoms with Crippen molar-refractivity contribution in [3.05, 3.63) is 39.6 Å². The van der Waals surface area contributed by atoms with E-state index in [1.807, 2.05) is 62.3 Å². The van der Waals surface area contributed by atoms with Crippen LogP contribution in [-0.2, 0) is 9.59 Å². The number of ketones is 2. The molecule has 128 valence electrons. The van der Waals surface area contributed by atoms with Gasteiger partial charge >= 0.3 is 0 Å². The minimum absolute atomic E-state index is 0.115. The van der Waals surface area contributed by atoms with E-state index in [1.54, 1.807) is 0 Å². The molecule has 1 fully saturated rings. The Morgan fingerprint density at radius 1 is 1.12 bits per heavy atom. The summed E-state index contributed by atoms with van der Waals surface area (Å²) in [6, 6.07) is 3.73. The SMILES string of the molecule is CN(C)c1ccc(C2C(=O)C(=O)C(=C3C=CC(N(C)C)S3)C2O)s1. The average molecular weight is 364 g/mol. The standard InChI is InChI=1S/C17H20N2O3S2/c1-18(2)11-7-5-9(23-11)13-15(20)14(17(22)16(13)21)10-6-8-12(24-10)19(3)4/h5-8,11,14-15,20H,1-4H3. The third kappa shape index (κ3) is 2.86. The molecule has 0 radical (unpaired) electrons. The summed E-state index contributed by atoms with van der Waals surface area (Å²) in [5.74, 6) is -1.86. The Kier molecular flexibility index (Phi) is 4.70. The summed E-state index contributed by atoms with van der Waals surface area (Å²) >= 11 is 2.92. The summed E-state index contributed by atoms with van der Waals surface area (Å²) in [4.78, 5) is 30.3. The summed E-state index contributed by atoms with van der Waals surface area (Å²) in [5.41, 5.74) is 0.246. The molecule has 2 aliphatic rings. The van der Waals surface area contributed by atoms with Gasteiger partial charge in [-0.2, -0.15) is 0 Å². The van der Waals surface area contributed by atoms with Gasteiger partial charge in [-0.25, -0.2) is 0 Å². The number of likely N-dealkylation sites (N-methyl/N-ethyl adjacent to an activating group) is 1. The van der Waals surface area contributed by atoms with Crippen molar-refractivity contribution in [3.8, 4) is 0 Å². The van der Waals surface area contributed by atoms with Gasteiger partial charge in [-0.05, 0) is 32.3 Å². The molecule has 1 aliphatic carbocycles. The number of aliphatic hydroxyl groups excluding tert-OH is 1. The predicted octanol–water partition coefficient (Wildman–Crippen LogP) is 1.86. The fraction of sp³-hybridized carbons (Fsp3) is 0.412. The van der Waals surface area contributed by atoms with Gasteiger partial charge < -0.3 is 10.0 Å². The molecule has 1 saturated carbocycles. The van der Waals surface area contributed by atoms with Gasteiger partial charge in [-0.3, -0.25) is 14.5 Å². The Morgan fingerprint density at radius 2 is 1.83 bits per heavy atom. The molecule has 2 heterocycles. The first-order chi connectivity index (χ1) is 11.3. The molecule has 1 N–H and O–H groups in total. The molecule has 0 saturated heterocycles. The van der Waals surface area contributed by atoms with Gasteiger partial charge in [0.15, 0.2) is 0 Å². The van der Waals surface area contributed by atoms with Crippen molar-refractivity contribution < 1.29 is 14.7 Å². The highest BCUT2D eigenvalue weighted by molar-refractivity contribution is 8.04. The van der Waals surface area contributed by atoms with Gasteiger partial charge in [0.1, 0.15) is 0 Å². The zero-order valence-corrected chi connectivity index (χ0v) is 15.6. The molecule has 0 aromatic carbocycles. The van der Waals surface area contributed by atoms with E-state index in [4.69, 9.17) is 0 Å². The highest BCUT2D eigenvalue weighted by Crippen LogP contribution is 2.44. The monoisotopic (exact) mass is 364 g/mol. The molecule has 3 unspecified atom stereocenters. The second-order valence-electron chi connectivity index (χ2n) is 6.30. The van der Waals surface area contributed by atoms with Crippen LogP contribution in [0.1, 0.15) is 10.8 Å². The van der Waals surface area contributed by atoms with Crippen molar-refractivity contribution in [2.24, 2.45) is 0 Å². The van der Waals surface area contributed by atoms with Gasteiger partial charge in [0.2, 0.25) is 11.6 Å². The second kappa shape index (κ2) is 6.48. The number of anilines is 1. The van der Waals surface area contributed by atoms with Crippen LogP contribution in [-0.4, -0.2) is 61.2 Å². The lowest BCUT2D eigenvalue weighted by atomic mass is 10.0. The number of allylic oxidation sites excluding steroid dienone is 1. The van der Waals surface area contributed by atoms with E-state index in [9.17, 15) is 14.7 Å². The first-order valence-electron chi connectivity index (χ1n) is 7.60. The molecule has 1 aromatic rings. The van der Waals surface area contributed by atoms with Crippen LogP contribution in [0.25, 0.3) is 0 Å². The molecule has 0 bridgehead atoms. The largest absolute Gasteiger partial charge is 0.387 e. The second-order valence-corrected chi connectivity index (χ2v) is 8.55. The molecule has 3 atom stereocenters. The topological polar surface area (TPSA) is 60.9 Å². The molecule has 5 nitrogen and oxygen atoms in total. The van der Waals surface area contributed by atoms with E-state index in [1.165, 1.54) is 23.1 Å². The Bertz CT molecular complexity index is 749. The number of carbonyl (C=O) groups excluding carboxylic acids is 2. The van der Waals surface area contributed by atoms with E-state index in [-0.39, 0.29) is 10.9 Å². The van der Waals surface area contributed by atoms with Crippen molar-refractivity contribution in [1.82, 2.24) is 4.90 Å². The Balaban J connectivity index is 1.94. The minimum Gasteiger partial charge on any atom is -0.387 e. The lowest BCUT2D eigenvalue weighted by molar-refractivity contribution is -0.133. The molecular weight excluding hydrogens is 344 g/mol. The first-order valence-corrected chi connectivity index (χ1v) is 9.30. The zero-order valence-electron chi connectivity index (χ0n) is 14.0. The maximum Gasteiger partial charge on any atom is 0.229 e. The molecule has 7 heteroatoms. The van der Waals surface area contributed by atoms with Crippen LogP contribution in [0.3, 0.4) is 0 Å². The van der Waals surface area contributed by atoms with Gasteiger partial charge in [0, 0.05) is 29.5 Å². The first kappa shape index (κ1) is 17.4. The Labute approximate surface area is 149 Å². The number of nitrogens with zero attached hydrogens (tertiary/aromatic N) is 2. The summed E-state index contributed by atoms with van der Waals surface area (Å²) in [5, 5.41) is 11.8. The number of thiophene rings is 1. The number of rotatable bonds is 3. The number of thioether (sulfide) groups is 1. The van der Waals surface area contributed by atoms with Gasteiger partial charge in [-0.1, -0.05) is 6.08 Å². The number of aliphatic hydroxyl groups is 1. The number of hydrogen-bond donors (Lipinski definition) is 1. The Morgan fingerprint density at radius 3 is 2.38 bits per heavy atom. The van der Waals surface area contributed by atoms with Crippen LogP contribution in [0.15, 0.2) is 34.8 Å². The highest BCUT2D eigenvalue weighted by atomic mass is 32.2. The van der Waals surface area contributed by atoms with E-state index < -0.39 is 23.6 Å². The maximum atomic E-state index is 12.5. The van der Waals surface area contributed by atoms with Crippen LogP contribution < -0.4 is 4.90 Å². The molecule has 1 aliphatic heterocycles. The quantitative estimate of drug-likeness (QED) is 0.653. The van der Waals surface area contributed by atoms with Crippen molar-refractivity contribution in [3.63, 3.8) is 0 Å². The molecule has 1 aromatic heterocycles. The average Bonchev–Trinajstić information content (AvgIpc) is 3.20. The summed E-state index contributed by atoms with van der Waals surface area (Å²) < 4.78 is 0. The minimum atomic E-state index is -1.08. The lowest BCUT2D eigenvalue weighted by Crippen LogP contribution is -2.20. The van der Waals surface area contributed by atoms with Crippen molar-refractivity contribution in [1.29, 1.82) is 0 Å². The molecule has 0 spiro atoms.